The van der Waals surface area contributed by atoms with Crippen molar-refractivity contribution in [3.05, 3.63) is 58.9 Å². The monoisotopic (exact) mass is 493 g/mol. The number of piperidine rings is 1. The van der Waals surface area contributed by atoms with Crippen LogP contribution in [0, 0.1) is 11.7 Å². The molecule has 35 heavy (non-hydrogen) atoms. The Hall–Kier alpha value is -2.84. The van der Waals surface area contributed by atoms with Gasteiger partial charge in [0.15, 0.2) is 11.5 Å². The lowest BCUT2D eigenvalue weighted by Gasteiger charge is -2.32. The average molecular weight is 494 g/mol. The third-order valence-corrected chi connectivity index (χ3v) is 7.21. The smallest absolute Gasteiger partial charge is 0.230 e. The van der Waals surface area contributed by atoms with E-state index in [1.54, 1.807) is 0 Å². The number of aryl methyl sites for hydroxylation is 1. The van der Waals surface area contributed by atoms with Crippen molar-refractivity contribution in [1.82, 2.24) is 19.2 Å². The van der Waals surface area contributed by atoms with Crippen molar-refractivity contribution in [2.45, 2.75) is 52.3 Å². The minimum Gasteiger partial charge on any atom is -0.490 e. The molecule has 0 amide bonds. The maximum absolute atomic E-state index is 6.31. The molecule has 3 aromatic rings. The predicted molar refractivity (Wildman–Crippen MR) is 141 cm³/mol. The van der Waals surface area contributed by atoms with E-state index in [1.165, 1.54) is 18.4 Å². The summed E-state index contributed by atoms with van der Waals surface area (Å²) < 4.78 is 16.9. The van der Waals surface area contributed by atoms with Gasteiger partial charge in [-0.3, -0.25) is 9.47 Å². The van der Waals surface area contributed by atoms with E-state index in [0.29, 0.717) is 13.3 Å². The molecular formula is C27H35N5O2S. The first-order valence-electron chi connectivity index (χ1n) is 12.7. The van der Waals surface area contributed by atoms with Crippen LogP contribution in [-0.4, -0.2) is 58.1 Å². The van der Waals surface area contributed by atoms with Crippen LogP contribution in [0.15, 0.2) is 48.5 Å². The highest BCUT2D eigenvalue weighted by molar-refractivity contribution is 7.71. The molecule has 2 saturated heterocycles. The Morgan fingerprint density at radius 3 is 2.31 bits per heavy atom. The molecule has 1 aromatic heterocycles. The van der Waals surface area contributed by atoms with Crippen LogP contribution in [0.2, 0.25) is 0 Å². The highest BCUT2D eigenvalue weighted by Crippen LogP contribution is 2.30. The highest BCUT2D eigenvalue weighted by Gasteiger charge is 2.25. The zero-order chi connectivity index (χ0) is 24.2. The Kier molecular flexibility index (Phi) is 7.39. The van der Waals surface area contributed by atoms with Gasteiger partial charge in [-0.1, -0.05) is 29.8 Å². The Morgan fingerprint density at radius 2 is 1.63 bits per heavy atom. The standard InChI is InChI=1S/C27H35N5O2S/c1-3-33-24-8-4-5-9-25(24)34-23-14-18-29(19-15-23)20-31-27(35)32(22-12-10-21(2)11-13-22)26(28-31)30-16-6-7-17-30/h4-5,8-13,23H,3,6-7,14-20H2,1-2H3. The fourth-order valence-corrected chi connectivity index (χ4v) is 5.18. The normalized spacial score (nSPS) is 17.1. The van der Waals surface area contributed by atoms with Crippen LogP contribution in [0.25, 0.3) is 5.69 Å². The van der Waals surface area contributed by atoms with Crippen molar-refractivity contribution in [1.29, 1.82) is 0 Å². The first-order valence-corrected chi connectivity index (χ1v) is 13.2. The van der Waals surface area contributed by atoms with E-state index in [0.717, 1.165) is 66.9 Å². The van der Waals surface area contributed by atoms with Gasteiger partial charge in [-0.25, -0.2) is 4.68 Å². The summed E-state index contributed by atoms with van der Waals surface area (Å²) in [6.45, 7) is 9.38. The summed E-state index contributed by atoms with van der Waals surface area (Å²) in [6, 6.07) is 16.5. The summed E-state index contributed by atoms with van der Waals surface area (Å²) >= 11 is 5.95. The first-order chi connectivity index (χ1) is 17.1. The molecule has 0 atom stereocenters. The third-order valence-electron chi connectivity index (χ3n) is 6.81. The topological polar surface area (TPSA) is 47.7 Å². The second kappa shape index (κ2) is 10.8. The predicted octanol–water partition coefficient (Wildman–Crippen LogP) is 5.21. The van der Waals surface area contributed by atoms with Gasteiger partial charge in [0.1, 0.15) is 6.10 Å². The number of para-hydroxylation sites is 2. The second-order valence-electron chi connectivity index (χ2n) is 9.40. The van der Waals surface area contributed by atoms with E-state index in [4.69, 9.17) is 26.8 Å². The number of rotatable bonds is 8. The summed E-state index contributed by atoms with van der Waals surface area (Å²) in [5.41, 5.74) is 2.32. The molecule has 186 valence electrons. The van der Waals surface area contributed by atoms with E-state index in [2.05, 4.69) is 45.6 Å². The van der Waals surface area contributed by atoms with Gasteiger partial charge in [0.2, 0.25) is 10.7 Å². The molecule has 7 nitrogen and oxygen atoms in total. The first kappa shape index (κ1) is 23.9. The van der Waals surface area contributed by atoms with Gasteiger partial charge in [0.05, 0.1) is 19.0 Å². The number of likely N-dealkylation sites (tertiary alicyclic amines) is 1. The van der Waals surface area contributed by atoms with Gasteiger partial charge in [-0.2, -0.15) is 0 Å². The van der Waals surface area contributed by atoms with Crippen LogP contribution in [0.5, 0.6) is 11.5 Å². The Labute approximate surface area is 212 Å². The van der Waals surface area contributed by atoms with Crippen LogP contribution in [0.3, 0.4) is 0 Å². The summed E-state index contributed by atoms with van der Waals surface area (Å²) in [6.07, 6.45) is 4.52. The second-order valence-corrected chi connectivity index (χ2v) is 9.77. The molecule has 2 aromatic carbocycles. The molecule has 3 heterocycles. The zero-order valence-electron chi connectivity index (χ0n) is 20.7. The summed E-state index contributed by atoms with van der Waals surface area (Å²) in [7, 11) is 0. The molecular weight excluding hydrogens is 458 g/mol. The number of ether oxygens (including phenoxy) is 2. The fraction of sp³-hybridized carbons (Fsp3) is 0.481. The Balaban J connectivity index is 1.28. The van der Waals surface area contributed by atoms with Gasteiger partial charge < -0.3 is 14.4 Å². The lowest BCUT2D eigenvalue weighted by Crippen LogP contribution is -2.39. The molecule has 0 radical (unpaired) electrons. The molecule has 0 N–H and O–H groups in total. The summed E-state index contributed by atoms with van der Waals surface area (Å²) in [5, 5.41) is 5.02. The molecule has 8 heteroatoms. The largest absolute Gasteiger partial charge is 0.490 e. The van der Waals surface area contributed by atoms with E-state index in [9.17, 15) is 0 Å². The molecule has 5 rings (SSSR count). The maximum atomic E-state index is 6.31. The number of aromatic nitrogens is 3. The molecule has 2 aliphatic heterocycles. The molecule has 0 bridgehead atoms. The molecule has 0 unspecified atom stereocenters. The third kappa shape index (κ3) is 5.38. The van der Waals surface area contributed by atoms with Crippen LogP contribution in [0.1, 0.15) is 38.2 Å². The van der Waals surface area contributed by atoms with Crippen LogP contribution < -0.4 is 14.4 Å². The summed E-state index contributed by atoms with van der Waals surface area (Å²) in [5.74, 6) is 2.61. The average Bonchev–Trinajstić information content (AvgIpc) is 3.51. The molecule has 2 aliphatic rings. The van der Waals surface area contributed by atoms with E-state index >= 15 is 0 Å². The quantitative estimate of drug-likeness (QED) is 0.402. The number of benzene rings is 2. The van der Waals surface area contributed by atoms with Crippen molar-refractivity contribution in [2.24, 2.45) is 0 Å². The molecule has 0 saturated carbocycles. The van der Waals surface area contributed by atoms with Gasteiger partial charge in [-0.15, -0.1) is 5.10 Å². The van der Waals surface area contributed by atoms with E-state index in [1.807, 2.05) is 35.9 Å². The van der Waals surface area contributed by atoms with Crippen LogP contribution >= 0.6 is 12.2 Å². The van der Waals surface area contributed by atoms with Crippen molar-refractivity contribution in [2.75, 3.05) is 37.7 Å². The van der Waals surface area contributed by atoms with E-state index < -0.39 is 0 Å². The lowest BCUT2D eigenvalue weighted by molar-refractivity contribution is 0.0778. The minimum atomic E-state index is 0.186. The zero-order valence-corrected chi connectivity index (χ0v) is 21.5. The Bertz CT molecular complexity index is 1180. The molecule has 0 spiro atoms. The number of nitrogens with zero attached hydrogens (tertiary/aromatic N) is 5. The SMILES string of the molecule is CCOc1ccccc1OC1CCN(Cn2nc(N3CCCC3)n(-c3ccc(C)cc3)c2=S)CC1. The number of hydrogen-bond donors (Lipinski definition) is 0. The van der Waals surface area contributed by atoms with Crippen LogP contribution in [-0.2, 0) is 6.67 Å². The number of anilines is 1. The van der Waals surface area contributed by atoms with Crippen molar-refractivity contribution >= 4 is 18.2 Å². The minimum absolute atomic E-state index is 0.186. The molecule has 2 fully saturated rings. The van der Waals surface area contributed by atoms with Crippen molar-refractivity contribution in [3.63, 3.8) is 0 Å². The van der Waals surface area contributed by atoms with Crippen molar-refractivity contribution < 1.29 is 9.47 Å². The van der Waals surface area contributed by atoms with Gasteiger partial charge >= 0.3 is 0 Å². The Morgan fingerprint density at radius 1 is 0.943 bits per heavy atom. The lowest BCUT2D eigenvalue weighted by atomic mass is 10.1. The van der Waals surface area contributed by atoms with Crippen molar-refractivity contribution in [3.8, 4) is 17.2 Å². The maximum Gasteiger partial charge on any atom is 0.230 e. The fourth-order valence-electron chi connectivity index (χ4n) is 4.89. The molecule has 0 aliphatic carbocycles. The highest BCUT2D eigenvalue weighted by atomic mass is 32.1. The van der Waals surface area contributed by atoms with Gasteiger partial charge in [-0.05, 0) is 76.0 Å². The van der Waals surface area contributed by atoms with Gasteiger partial charge in [0, 0.05) is 26.2 Å². The van der Waals surface area contributed by atoms with Crippen LogP contribution in [0.4, 0.5) is 5.95 Å². The van der Waals surface area contributed by atoms with Gasteiger partial charge in [0.25, 0.3) is 0 Å². The number of hydrogen-bond acceptors (Lipinski definition) is 6. The van der Waals surface area contributed by atoms with E-state index in [-0.39, 0.29) is 6.10 Å². The summed E-state index contributed by atoms with van der Waals surface area (Å²) in [4.78, 5) is 4.78.